The first kappa shape index (κ1) is 13.2. The highest BCUT2D eigenvalue weighted by Gasteiger charge is 2.52. The van der Waals surface area contributed by atoms with Crippen LogP contribution in [0.3, 0.4) is 0 Å². The van der Waals surface area contributed by atoms with Crippen molar-refractivity contribution in [3.8, 4) is 0 Å². The Morgan fingerprint density at radius 1 is 1.29 bits per heavy atom. The van der Waals surface area contributed by atoms with Crippen molar-refractivity contribution in [1.29, 1.82) is 0 Å². The summed E-state index contributed by atoms with van der Waals surface area (Å²) in [6.07, 6.45) is 7.38. The summed E-state index contributed by atoms with van der Waals surface area (Å²) in [4.78, 5) is 0. The average Bonchev–Trinajstić information content (AvgIpc) is 2.34. The Labute approximate surface area is 108 Å². The molecule has 1 radical (unpaired) electrons. The molecule has 3 unspecified atom stereocenters. The van der Waals surface area contributed by atoms with E-state index >= 15 is 0 Å². The lowest BCUT2D eigenvalue weighted by Gasteiger charge is -2.59. The number of hydrogen-bond acceptors (Lipinski definition) is 0. The van der Waals surface area contributed by atoms with Gasteiger partial charge in [-0.3, -0.25) is 0 Å². The van der Waals surface area contributed by atoms with E-state index in [0.29, 0.717) is 5.31 Å². The number of rotatable bonds is 5. The Kier molecular flexibility index (Phi) is 3.76. The largest absolute Gasteiger partial charge is 0.122 e. The Hall–Kier alpha value is -0.195. The first-order valence-corrected chi connectivity index (χ1v) is 7.48. The second-order valence-electron chi connectivity index (χ2n) is 6.81. The molecule has 0 saturated heterocycles. The van der Waals surface area contributed by atoms with Crippen molar-refractivity contribution >= 4 is 7.28 Å². The first-order chi connectivity index (χ1) is 8.03. The molecule has 0 spiro atoms. The molecule has 2 bridgehead atoms. The third kappa shape index (κ3) is 2.11. The van der Waals surface area contributed by atoms with Crippen LogP contribution in [0.1, 0.15) is 47.0 Å². The fourth-order valence-electron chi connectivity index (χ4n) is 4.56. The molecule has 0 aromatic rings. The van der Waals surface area contributed by atoms with Crippen molar-refractivity contribution in [1.82, 2.24) is 0 Å². The van der Waals surface area contributed by atoms with Crippen LogP contribution in [0.15, 0.2) is 12.7 Å². The maximum Gasteiger partial charge on any atom is 0.122 e. The van der Waals surface area contributed by atoms with Gasteiger partial charge in [-0.05, 0) is 42.4 Å². The van der Waals surface area contributed by atoms with Crippen LogP contribution in [0.4, 0.5) is 0 Å². The minimum Gasteiger partial charge on any atom is -0.104 e. The van der Waals surface area contributed by atoms with E-state index in [1.54, 1.807) is 0 Å². The Bertz CT molecular complexity index is 285. The molecule has 0 aromatic heterocycles. The fourth-order valence-corrected chi connectivity index (χ4v) is 4.56. The van der Waals surface area contributed by atoms with Crippen LogP contribution < -0.4 is 0 Å². The van der Waals surface area contributed by atoms with Crippen molar-refractivity contribution in [3.05, 3.63) is 12.7 Å². The van der Waals surface area contributed by atoms with E-state index in [-0.39, 0.29) is 0 Å². The zero-order valence-corrected chi connectivity index (χ0v) is 12.1. The topological polar surface area (TPSA) is 0 Å². The van der Waals surface area contributed by atoms with E-state index in [4.69, 9.17) is 0 Å². The van der Waals surface area contributed by atoms with Gasteiger partial charge in [0.05, 0.1) is 0 Å². The highest BCUT2D eigenvalue weighted by molar-refractivity contribution is 6.40. The highest BCUT2D eigenvalue weighted by atomic mass is 14.6. The third-order valence-electron chi connectivity index (χ3n) is 6.22. The van der Waals surface area contributed by atoms with Gasteiger partial charge in [0.15, 0.2) is 0 Å². The minimum absolute atomic E-state index is 0.435. The lowest BCUT2D eigenvalue weighted by atomic mass is 9.37. The first-order valence-electron chi connectivity index (χ1n) is 7.48. The summed E-state index contributed by atoms with van der Waals surface area (Å²) >= 11 is 0. The van der Waals surface area contributed by atoms with Gasteiger partial charge < -0.3 is 0 Å². The van der Waals surface area contributed by atoms with Gasteiger partial charge in [-0.2, -0.15) is 0 Å². The molecule has 95 valence electrons. The van der Waals surface area contributed by atoms with Crippen LogP contribution >= 0.6 is 0 Å². The summed E-state index contributed by atoms with van der Waals surface area (Å²) in [5, 5.41) is 0.435. The molecule has 0 amide bonds. The van der Waals surface area contributed by atoms with Crippen LogP contribution in [0.2, 0.25) is 11.6 Å². The van der Waals surface area contributed by atoms with Crippen molar-refractivity contribution in [3.63, 3.8) is 0 Å². The van der Waals surface area contributed by atoms with Crippen LogP contribution in [0.25, 0.3) is 0 Å². The van der Waals surface area contributed by atoms with E-state index < -0.39 is 0 Å². The monoisotopic (exact) mass is 231 g/mol. The van der Waals surface area contributed by atoms with E-state index in [2.05, 4.69) is 41.6 Å². The molecule has 3 fully saturated rings. The fraction of sp³-hybridized carbons (Fsp3) is 0.875. The SMILES string of the molecule is C=CC[B][C@@](C)(CC)C1CC2CC([C@@H]2C)[C@@H]1C. The molecular weight excluding hydrogens is 203 g/mol. The molecule has 1 heteroatoms. The van der Waals surface area contributed by atoms with Gasteiger partial charge in [-0.1, -0.05) is 51.8 Å². The number of fused-ring (bicyclic) bond motifs is 2. The van der Waals surface area contributed by atoms with Crippen LogP contribution in [-0.2, 0) is 0 Å². The summed E-state index contributed by atoms with van der Waals surface area (Å²) in [7, 11) is 2.54. The van der Waals surface area contributed by atoms with Crippen LogP contribution in [-0.4, -0.2) is 7.28 Å². The second-order valence-corrected chi connectivity index (χ2v) is 6.81. The molecule has 3 aliphatic rings. The highest BCUT2D eigenvalue weighted by Crippen LogP contribution is 2.61. The molecule has 0 N–H and O–H groups in total. The Morgan fingerprint density at radius 2 is 2.00 bits per heavy atom. The van der Waals surface area contributed by atoms with E-state index in [1.165, 1.54) is 19.3 Å². The summed E-state index contributed by atoms with van der Waals surface area (Å²) in [6, 6.07) is 0. The molecule has 6 atom stereocenters. The van der Waals surface area contributed by atoms with Gasteiger partial charge in [0.2, 0.25) is 0 Å². The van der Waals surface area contributed by atoms with Crippen LogP contribution in [0, 0.1) is 29.6 Å². The lowest BCUT2D eigenvalue weighted by molar-refractivity contribution is -0.0694. The molecule has 3 aliphatic carbocycles. The van der Waals surface area contributed by atoms with E-state index in [0.717, 1.165) is 35.9 Å². The average molecular weight is 231 g/mol. The molecule has 0 aliphatic heterocycles. The summed E-state index contributed by atoms with van der Waals surface area (Å²) in [5.74, 6) is 4.88. The van der Waals surface area contributed by atoms with Gasteiger partial charge in [0, 0.05) is 0 Å². The lowest BCUT2D eigenvalue weighted by Crippen LogP contribution is -2.51. The quantitative estimate of drug-likeness (QED) is 0.470. The molecule has 0 aromatic carbocycles. The molecule has 17 heavy (non-hydrogen) atoms. The summed E-state index contributed by atoms with van der Waals surface area (Å²) < 4.78 is 0. The normalized spacial score (nSPS) is 43.4. The molecular formula is C16H28B. The molecule has 0 heterocycles. The molecule has 3 rings (SSSR count). The van der Waals surface area contributed by atoms with Crippen molar-refractivity contribution in [2.24, 2.45) is 29.6 Å². The number of allylic oxidation sites excluding steroid dienone is 1. The van der Waals surface area contributed by atoms with Crippen molar-refractivity contribution < 1.29 is 0 Å². The van der Waals surface area contributed by atoms with Gasteiger partial charge in [0.25, 0.3) is 0 Å². The number of hydrogen-bond donors (Lipinski definition) is 0. The van der Waals surface area contributed by atoms with Gasteiger partial charge >= 0.3 is 0 Å². The van der Waals surface area contributed by atoms with Crippen molar-refractivity contribution in [2.45, 2.75) is 58.6 Å². The Balaban J connectivity index is 2.07. The predicted octanol–water partition coefficient (Wildman–Crippen LogP) is 4.81. The van der Waals surface area contributed by atoms with E-state index in [9.17, 15) is 0 Å². The zero-order chi connectivity index (χ0) is 12.6. The maximum absolute atomic E-state index is 3.87. The smallest absolute Gasteiger partial charge is 0.104 e. The van der Waals surface area contributed by atoms with Gasteiger partial charge in [0.1, 0.15) is 7.28 Å². The standard InChI is InChI=1S/C16H28B/c1-6-8-17-16(5,7-2)15-10-13-9-14(11(13)3)12(15)4/h6,11-15H,1,7-10H2,2-5H3/t11-,12+,13?,14?,15?,16+/m1/s1. The van der Waals surface area contributed by atoms with E-state index in [1.807, 2.05) is 6.08 Å². The van der Waals surface area contributed by atoms with Crippen LogP contribution in [0.5, 0.6) is 0 Å². The molecule has 0 nitrogen and oxygen atoms in total. The summed E-state index contributed by atoms with van der Waals surface area (Å²) in [6.45, 7) is 13.7. The maximum atomic E-state index is 3.87. The molecule has 3 saturated carbocycles. The minimum atomic E-state index is 0.435. The zero-order valence-electron chi connectivity index (χ0n) is 12.1. The van der Waals surface area contributed by atoms with Gasteiger partial charge in [-0.15, -0.1) is 6.58 Å². The van der Waals surface area contributed by atoms with Gasteiger partial charge in [-0.25, -0.2) is 0 Å². The predicted molar refractivity (Wildman–Crippen MR) is 77.4 cm³/mol. The third-order valence-corrected chi connectivity index (χ3v) is 6.22. The second kappa shape index (κ2) is 4.82. The van der Waals surface area contributed by atoms with Crippen molar-refractivity contribution in [2.75, 3.05) is 0 Å². The Morgan fingerprint density at radius 3 is 2.47 bits per heavy atom. The summed E-state index contributed by atoms with van der Waals surface area (Å²) in [5.41, 5.74) is 0.